The van der Waals surface area contributed by atoms with Gasteiger partial charge in [0.2, 0.25) is 0 Å². The predicted molar refractivity (Wildman–Crippen MR) is 141 cm³/mol. The van der Waals surface area contributed by atoms with Crippen molar-refractivity contribution in [2.24, 2.45) is 5.92 Å². The SMILES string of the molecule is CCCCc1ccc(Cn2cncc2C(CN(c2ccccc2)C(CC(C)C)C(=O)O)C(=O)O)cc1. The van der Waals surface area contributed by atoms with E-state index in [1.54, 1.807) is 17.4 Å². The molecule has 0 spiro atoms. The molecule has 0 saturated carbocycles. The Balaban J connectivity index is 1.90. The van der Waals surface area contributed by atoms with Gasteiger partial charge in [0, 0.05) is 25.0 Å². The van der Waals surface area contributed by atoms with Crippen LogP contribution in [-0.2, 0) is 22.6 Å². The quantitative estimate of drug-likeness (QED) is 0.311. The number of rotatable bonds is 14. The first-order chi connectivity index (χ1) is 17.3. The Labute approximate surface area is 213 Å². The van der Waals surface area contributed by atoms with Crippen molar-refractivity contribution in [2.45, 2.75) is 65.0 Å². The number of aromatic nitrogens is 2. The molecule has 3 rings (SSSR count). The Morgan fingerprint density at radius 3 is 2.22 bits per heavy atom. The van der Waals surface area contributed by atoms with Crippen LogP contribution in [0.4, 0.5) is 5.69 Å². The highest BCUT2D eigenvalue weighted by molar-refractivity contribution is 5.80. The number of carboxylic acids is 2. The second kappa shape index (κ2) is 12.9. The van der Waals surface area contributed by atoms with E-state index < -0.39 is 23.9 Å². The molecule has 2 N–H and O–H groups in total. The fourth-order valence-corrected chi connectivity index (χ4v) is 4.48. The van der Waals surface area contributed by atoms with E-state index in [-0.39, 0.29) is 12.5 Å². The van der Waals surface area contributed by atoms with Crippen LogP contribution in [-0.4, -0.2) is 44.3 Å². The van der Waals surface area contributed by atoms with Crippen molar-refractivity contribution >= 4 is 17.6 Å². The molecule has 0 aliphatic carbocycles. The molecule has 0 fully saturated rings. The lowest BCUT2D eigenvalue weighted by Gasteiger charge is -2.34. The molecular weight excluding hydrogens is 454 g/mol. The van der Waals surface area contributed by atoms with Gasteiger partial charge in [-0.05, 0) is 48.4 Å². The first kappa shape index (κ1) is 27.0. The summed E-state index contributed by atoms with van der Waals surface area (Å²) in [7, 11) is 0. The molecular formula is C29H37N3O4. The van der Waals surface area contributed by atoms with Gasteiger partial charge in [0.25, 0.3) is 0 Å². The molecule has 0 saturated heterocycles. The van der Waals surface area contributed by atoms with Gasteiger partial charge in [-0.3, -0.25) is 4.79 Å². The number of hydrogen-bond donors (Lipinski definition) is 2. The van der Waals surface area contributed by atoms with Crippen molar-refractivity contribution in [2.75, 3.05) is 11.4 Å². The van der Waals surface area contributed by atoms with Crippen LogP contribution in [0.5, 0.6) is 0 Å². The first-order valence-electron chi connectivity index (χ1n) is 12.6. The highest BCUT2D eigenvalue weighted by Crippen LogP contribution is 2.27. The van der Waals surface area contributed by atoms with E-state index in [4.69, 9.17) is 0 Å². The molecule has 36 heavy (non-hydrogen) atoms. The Bertz CT molecular complexity index is 1110. The maximum Gasteiger partial charge on any atom is 0.326 e. The number of imidazole rings is 1. The Morgan fingerprint density at radius 2 is 1.64 bits per heavy atom. The van der Waals surface area contributed by atoms with Gasteiger partial charge in [0.05, 0.1) is 12.0 Å². The molecule has 2 unspecified atom stereocenters. The minimum Gasteiger partial charge on any atom is -0.481 e. The lowest BCUT2D eigenvalue weighted by atomic mass is 9.98. The summed E-state index contributed by atoms with van der Waals surface area (Å²) in [6, 6.07) is 16.7. The van der Waals surface area contributed by atoms with E-state index in [9.17, 15) is 19.8 Å². The summed E-state index contributed by atoms with van der Waals surface area (Å²) in [4.78, 5) is 30.8. The molecule has 7 heteroatoms. The standard InChI is InChI=1S/C29H37N3O4/c1-4-5-9-22-12-14-23(15-13-22)18-31-20-30-17-27(31)25(28(33)34)19-32(24-10-7-6-8-11-24)26(29(35)36)16-21(2)3/h6-8,10-15,17,20-21,25-26H,4-5,9,16,18-19H2,1-3H3,(H,33,34)(H,35,36). The van der Waals surface area contributed by atoms with Crippen LogP contribution in [0.2, 0.25) is 0 Å². The van der Waals surface area contributed by atoms with E-state index in [0.29, 0.717) is 24.3 Å². The van der Waals surface area contributed by atoms with Crippen LogP contribution in [0.3, 0.4) is 0 Å². The maximum absolute atomic E-state index is 12.5. The number of benzene rings is 2. The number of unbranched alkanes of at least 4 members (excludes halogenated alkanes) is 1. The molecule has 3 aromatic rings. The molecule has 0 aliphatic heterocycles. The number of para-hydroxylation sites is 1. The van der Waals surface area contributed by atoms with Crippen molar-refractivity contribution in [3.05, 3.63) is 83.9 Å². The lowest BCUT2D eigenvalue weighted by Crippen LogP contribution is -2.45. The van der Waals surface area contributed by atoms with Gasteiger partial charge in [0.1, 0.15) is 12.0 Å². The summed E-state index contributed by atoms with van der Waals surface area (Å²) in [5, 5.41) is 20.3. The van der Waals surface area contributed by atoms with Gasteiger partial charge in [-0.15, -0.1) is 0 Å². The van der Waals surface area contributed by atoms with Crippen molar-refractivity contribution in [3.8, 4) is 0 Å². The van der Waals surface area contributed by atoms with Crippen LogP contribution in [0.15, 0.2) is 67.1 Å². The number of anilines is 1. The molecule has 2 atom stereocenters. The summed E-state index contributed by atoms with van der Waals surface area (Å²) in [5.74, 6) is -2.80. The zero-order chi connectivity index (χ0) is 26.1. The largest absolute Gasteiger partial charge is 0.481 e. The number of carboxylic acid groups (broad SMARTS) is 2. The molecule has 7 nitrogen and oxygen atoms in total. The topological polar surface area (TPSA) is 95.7 Å². The van der Waals surface area contributed by atoms with E-state index >= 15 is 0 Å². The summed E-state index contributed by atoms with van der Waals surface area (Å²) >= 11 is 0. The predicted octanol–water partition coefficient (Wildman–Crippen LogP) is 5.45. The number of aryl methyl sites for hydroxylation is 1. The summed E-state index contributed by atoms with van der Waals surface area (Å²) in [6.07, 6.45) is 6.97. The smallest absolute Gasteiger partial charge is 0.326 e. The average molecular weight is 492 g/mol. The molecule has 1 heterocycles. The number of carbonyl (C=O) groups is 2. The van der Waals surface area contributed by atoms with Gasteiger partial charge in [-0.1, -0.05) is 69.7 Å². The minimum absolute atomic E-state index is 0.0185. The fourth-order valence-electron chi connectivity index (χ4n) is 4.48. The van der Waals surface area contributed by atoms with Crippen molar-refractivity contribution in [1.82, 2.24) is 9.55 Å². The second-order valence-electron chi connectivity index (χ2n) is 9.73. The summed E-state index contributed by atoms with van der Waals surface area (Å²) < 4.78 is 1.85. The van der Waals surface area contributed by atoms with E-state index in [1.165, 1.54) is 5.56 Å². The zero-order valence-electron chi connectivity index (χ0n) is 21.4. The molecule has 0 aliphatic rings. The first-order valence-corrected chi connectivity index (χ1v) is 12.6. The molecule has 0 amide bonds. The van der Waals surface area contributed by atoms with E-state index in [1.807, 2.05) is 48.7 Å². The van der Waals surface area contributed by atoms with Crippen LogP contribution >= 0.6 is 0 Å². The Hall–Kier alpha value is -3.61. The van der Waals surface area contributed by atoms with Crippen molar-refractivity contribution in [3.63, 3.8) is 0 Å². The van der Waals surface area contributed by atoms with Gasteiger partial charge in [-0.2, -0.15) is 0 Å². The van der Waals surface area contributed by atoms with Gasteiger partial charge in [-0.25, -0.2) is 9.78 Å². The number of aliphatic carboxylic acids is 2. The number of nitrogens with zero attached hydrogens (tertiary/aromatic N) is 3. The third kappa shape index (κ3) is 7.20. The normalized spacial score (nSPS) is 12.9. The van der Waals surface area contributed by atoms with Crippen LogP contribution in [0.25, 0.3) is 0 Å². The van der Waals surface area contributed by atoms with E-state index in [0.717, 1.165) is 24.8 Å². The number of hydrogen-bond acceptors (Lipinski definition) is 4. The van der Waals surface area contributed by atoms with Crippen LogP contribution in [0.1, 0.15) is 62.8 Å². The summed E-state index contributed by atoms with van der Waals surface area (Å²) in [5.41, 5.74) is 3.58. The monoisotopic (exact) mass is 491 g/mol. The highest BCUT2D eigenvalue weighted by atomic mass is 16.4. The molecule has 0 radical (unpaired) electrons. The maximum atomic E-state index is 12.5. The van der Waals surface area contributed by atoms with Gasteiger partial charge >= 0.3 is 11.9 Å². The molecule has 2 aromatic carbocycles. The fraction of sp³-hybridized carbons (Fsp3) is 0.414. The molecule has 1 aromatic heterocycles. The average Bonchev–Trinajstić information content (AvgIpc) is 3.30. The van der Waals surface area contributed by atoms with Crippen LogP contribution in [0, 0.1) is 5.92 Å². The Morgan fingerprint density at radius 1 is 0.972 bits per heavy atom. The zero-order valence-corrected chi connectivity index (χ0v) is 21.4. The van der Waals surface area contributed by atoms with Gasteiger partial charge < -0.3 is 19.7 Å². The second-order valence-corrected chi connectivity index (χ2v) is 9.73. The van der Waals surface area contributed by atoms with E-state index in [2.05, 4.69) is 36.2 Å². The highest BCUT2D eigenvalue weighted by Gasteiger charge is 2.33. The molecule has 192 valence electrons. The molecule has 0 bridgehead atoms. The summed E-state index contributed by atoms with van der Waals surface area (Å²) in [6.45, 7) is 6.62. The van der Waals surface area contributed by atoms with Crippen LogP contribution < -0.4 is 4.90 Å². The minimum atomic E-state index is -1.01. The Kier molecular flexibility index (Phi) is 9.68. The third-order valence-corrected chi connectivity index (χ3v) is 6.42. The van der Waals surface area contributed by atoms with Crippen molar-refractivity contribution in [1.29, 1.82) is 0 Å². The van der Waals surface area contributed by atoms with Gasteiger partial charge in [0.15, 0.2) is 0 Å². The van der Waals surface area contributed by atoms with Crippen molar-refractivity contribution < 1.29 is 19.8 Å². The lowest BCUT2D eigenvalue weighted by molar-refractivity contribution is -0.141. The third-order valence-electron chi connectivity index (χ3n) is 6.42.